The summed E-state index contributed by atoms with van der Waals surface area (Å²) in [6, 6.07) is 22.5. The van der Waals surface area contributed by atoms with Gasteiger partial charge in [0.05, 0.1) is 18.9 Å². The molecular weight excluding hydrogens is 310 g/mol. The van der Waals surface area contributed by atoms with Crippen LogP contribution in [0.25, 0.3) is 11.3 Å². The van der Waals surface area contributed by atoms with Crippen molar-refractivity contribution in [1.29, 1.82) is 0 Å². The predicted molar refractivity (Wildman–Crippen MR) is 101 cm³/mol. The summed E-state index contributed by atoms with van der Waals surface area (Å²) in [6.07, 6.45) is 3.65. The van der Waals surface area contributed by atoms with Gasteiger partial charge in [-0.1, -0.05) is 36.4 Å². The summed E-state index contributed by atoms with van der Waals surface area (Å²) in [6.45, 7) is 0. The third-order valence-electron chi connectivity index (χ3n) is 4.37. The smallest absolute Gasteiger partial charge is 0.119 e. The van der Waals surface area contributed by atoms with Gasteiger partial charge in [-0.25, -0.2) is 0 Å². The number of ether oxygens (including phenoxy) is 2. The lowest BCUT2D eigenvalue weighted by Gasteiger charge is -2.20. The Morgan fingerprint density at radius 1 is 0.920 bits per heavy atom. The highest BCUT2D eigenvalue weighted by atomic mass is 16.5. The number of hydrogen-bond donors (Lipinski definition) is 0. The second-order valence-corrected chi connectivity index (χ2v) is 5.92. The monoisotopic (exact) mass is 333 g/mol. The molecule has 0 amide bonds. The number of methoxy groups -OCH3 is 2. The van der Waals surface area contributed by atoms with Gasteiger partial charge in [-0.15, -0.1) is 0 Å². The standard InChI is InChI=1S/C22H23NO2/c1-24-18-12-13-19(21-10-6-7-15-23-21)20(16-18)22(25-2)14-11-17-8-4-3-5-9-17/h3-10,12-13,15-16,22H,11,14H2,1-2H3/t22-/m0/s1. The zero-order valence-electron chi connectivity index (χ0n) is 14.7. The van der Waals surface area contributed by atoms with Gasteiger partial charge >= 0.3 is 0 Å². The van der Waals surface area contributed by atoms with Gasteiger partial charge < -0.3 is 9.47 Å². The number of nitrogens with zero attached hydrogens (tertiary/aromatic N) is 1. The van der Waals surface area contributed by atoms with Crippen molar-refractivity contribution in [2.24, 2.45) is 0 Å². The molecule has 3 rings (SSSR count). The minimum absolute atomic E-state index is 0.0210. The van der Waals surface area contributed by atoms with Crippen LogP contribution in [-0.2, 0) is 11.2 Å². The van der Waals surface area contributed by atoms with E-state index in [-0.39, 0.29) is 6.10 Å². The number of pyridine rings is 1. The van der Waals surface area contributed by atoms with Crippen LogP contribution in [-0.4, -0.2) is 19.2 Å². The Morgan fingerprint density at radius 3 is 2.40 bits per heavy atom. The topological polar surface area (TPSA) is 31.4 Å². The van der Waals surface area contributed by atoms with E-state index in [1.165, 1.54) is 5.56 Å². The number of hydrogen-bond acceptors (Lipinski definition) is 3. The summed E-state index contributed by atoms with van der Waals surface area (Å²) in [5, 5.41) is 0. The molecule has 0 aliphatic heterocycles. The first-order valence-corrected chi connectivity index (χ1v) is 8.48. The molecule has 128 valence electrons. The van der Waals surface area contributed by atoms with Crippen LogP contribution < -0.4 is 4.74 Å². The number of aromatic nitrogens is 1. The quantitative estimate of drug-likeness (QED) is 0.604. The molecule has 0 saturated carbocycles. The van der Waals surface area contributed by atoms with Crippen LogP contribution in [0.1, 0.15) is 23.7 Å². The summed E-state index contributed by atoms with van der Waals surface area (Å²) in [5.41, 5.74) is 4.45. The maximum absolute atomic E-state index is 5.84. The SMILES string of the molecule is COc1ccc(-c2ccccn2)c([C@H](CCc2ccccc2)OC)c1. The van der Waals surface area contributed by atoms with E-state index in [2.05, 4.69) is 41.4 Å². The summed E-state index contributed by atoms with van der Waals surface area (Å²) >= 11 is 0. The van der Waals surface area contributed by atoms with Crippen molar-refractivity contribution in [3.8, 4) is 17.0 Å². The van der Waals surface area contributed by atoms with Crippen molar-refractivity contribution in [2.75, 3.05) is 14.2 Å². The lowest BCUT2D eigenvalue weighted by atomic mass is 9.95. The second-order valence-electron chi connectivity index (χ2n) is 5.92. The van der Waals surface area contributed by atoms with E-state index in [0.717, 1.165) is 35.4 Å². The van der Waals surface area contributed by atoms with Crippen LogP contribution in [0.2, 0.25) is 0 Å². The van der Waals surface area contributed by atoms with Gasteiger partial charge in [0.25, 0.3) is 0 Å². The number of benzene rings is 2. The Bertz CT molecular complexity index is 788. The molecule has 1 aromatic heterocycles. The first kappa shape index (κ1) is 17.2. The molecule has 1 atom stereocenters. The van der Waals surface area contributed by atoms with Gasteiger partial charge in [0.1, 0.15) is 5.75 Å². The molecular formula is C22H23NO2. The lowest BCUT2D eigenvalue weighted by molar-refractivity contribution is 0.0961. The van der Waals surface area contributed by atoms with Crippen molar-refractivity contribution in [1.82, 2.24) is 4.98 Å². The van der Waals surface area contributed by atoms with Gasteiger partial charge in [0.15, 0.2) is 0 Å². The van der Waals surface area contributed by atoms with Crippen LogP contribution in [0.5, 0.6) is 5.75 Å². The predicted octanol–water partition coefficient (Wildman–Crippen LogP) is 5.08. The van der Waals surface area contributed by atoms with Crippen LogP contribution >= 0.6 is 0 Å². The van der Waals surface area contributed by atoms with Gasteiger partial charge in [0.2, 0.25) is 0 Å². The molecule has 0 aliphatic rings. The fourth-order valence-corrected chi connectivity index (χ4v) is 3.03. The highest BCUT2D eigenvalue weighted by molar-refractivity contribution is 5.65. The first-order chi connectivity index (χ1) is 12.3. The second kappa shape index (κ2) is 8.45. The lowest BCUT2D eigenvalue weighted by Crippen LogP contribution is -2.06. The largest absolute Gasteiger partial charge is 0.497 e. The van der Waals surface area contributed by atoms with E-state index in [0.29, 0.717) is 0 Å². The molecule has 0 aliphatic carbocycles. The van der Waals surface area contributed by atoms with Crippen molar-refractivity contribution in [3.63, 3.8) is 0 Å². The Balaban J connectivity index is 1.91. The Hall–Kier alpha value is -2.65. The third kappa shape index (κ3) is 4.25. The molecule has 1 heterocycles. The van der Waals surface area contributed by atoms with Gasteiger partial charge in [-0.05, 0) is 54.3 Å². The van der Waals surface area contributed by atoms with E-state index in [4.69, 9.17) is 9.47 Å². The van der Waals surface area contributed by atoms with Crippen molar-refractivity contribution in [3.05, 3.63) is 84.1 Å². The maximum Gasteiger partial charge on any atom is 0.119 e. The molecule has 3 nitrogen and oxygen atoms in total. The average Bonchev–Trinajstić information content (AvgIpc) is 2.70. The zero-order valence-corrected chi connectivity index (χ0v) is 14.7. The number of aryl methyl sites for hydroxylation is 1. The minimum Gasteiger partial charge on any atom is -0.497 e. The Labute approximate surface area is 149 Å². The van der Waals surface area contributed by atoms with Crippen LogP contribution in [0.4, 0.5) is 0 Å². The molecule has 2 aromatic carbocycles. The fraction of sp³-hybridized carbons (Fsp3) is 0.227. The normalized spacial score (nSPS) is 11.9. The summed E-state index contributed by atoms with van der Waals surface area (Å²) in [5.74, 6) is 0.830. The molecule has 3 heteroatoms. The Kier molecular flexibility index (Phi) is 5.81. The molecule has 3 aromatic rings. The van der Waals surface area contributed by atoms with Crippen LogP contribution in [0.3, 0.4) is 0 Å². The minimum atomic E-state index is -0.0210. The van der Waals surface area contributed by atoms with E-state index in [9.17, 15) is 0 Å². The van der Waals surface area contributed by atoms with E-state index in [1.807, 2.05) is 36.5 Å². The van der Waals surface area contributed by atoms with Crippen LogP contribution in [0.15, 0.2) is 72.9 Å². The average molecular weight is 333 g/mol. The highest BCUT2D eigenvalue weighted by Crippen LogP contribution is 2.34. The molecule has 0 spiro atoms. The van der Waals surface area contributed by atoms with E-state index >= 15 is 0 Å². The maximum atomic E-state index is 5.84. The van der Waals surface area contributed by atoms with Gasteiger partial charge in [-0.2, -0.15) is 0 Å². The summed E-state index contributed by atoms with van der Waals surface area (Å²) < 4.78 is 11.3. The van der Waals surface area contributed by atoms with Crippen molar-refractivity contribution >= 4 is 0 Å². The summed E-state index contributed by atoms with van der Waals surface area (Å²) in [7, 11) is 3.45. The van der Waals surface area contributed by atoms with Crippen LogP contribution in [0, 0.1) is 0 Å². The van der Waals surface area contributed by atoms with E-state index in [1.54, 1.807) is 14.2 Å². The zero-order chi connectivity index (χ0) is 17.5. The van der Waals surface area contributed by atoms with Gasteiger partial charge in [-0.3, -0.25) is 4.98 Å². The number of rotatable bonds is 7. The third-order valence-corrected chi connectivity index (χ3v) is 4.37. The highest BCUT2D eigenvalue weighted by Gasteiger charge is 2.17. The molecule has 0 saturated heterocycles. The van der Waals surface area contributed by atoms with Gasteiger partial charge in [0, 0.05) is 18.9 Å². The molecule has 0 unspecified atom stereocenters. The fourth-order valence-electron chi connectivity index (χ4n) is 3.03. The molecule has 0 radical (unpaired) electrons. The molecule has 0 N–H and O–H groups in total. The first-order valence-electron chi connectivity index (χ1n) is 8.48. The molecule has 25 heavy (non-hydrogen) atoms. The van der Waals surface area contributed by atoms with Crippen molar-refractivity contribution in [2.45, 2.75) is 18.9 Å². The van der Waals surface area contributed by atoms with Crippen molar-refractivity contribution < 1.29 is 9.47 Å². The van der Waals surface area contributed by atoms with E-state index < -0.39 is 0 Å². The Morgan fingerprint density at radius 2 is 1.72 bits per heavy atom. The summed E-state index contributed by atoms with van der Waals surface area (Å²) in [4.78, 5) is 4.50. The molecule has 0 fully saturated rings. The molecule has 0 bridgehead atoms.